The Morgan fingerprint density at radius 2 is 1.14 bits per heavy atom. The number of hydrogen-bond donors (Lipinski definition) is 2. The monoisotopic (exact) mass is 1110 g/mol. The van der Waals surface area contributed by atoms with Gasteiger partial charge in [0, 0.05) is 77.7 Å². The lowest BCUT2D eigenvalue weighted by molar-refractivity contribution is 0.00578. The molecule has 0 saturated carbocycles. The number of benzene rings is 2. The van der Waals surface area contributed by atoms with Gasteiger partial charge in [-0.2, -0.15) is 4.98 Å². The molecule has 4 aromatic heterocycles. The van der Waals surface area contributed by atoms with Crippen molar-refractivity contribution < 1.29 is 54.0 Å². The van der Waals surface area contributed by atoms with Gasteiger partial charge in [-0.05, 0) is 106 Å². The predicted octanol–water partition coefficient (Wildman–Crippen LogP) is 8.39. The summed E-state index contributed by atoms with van der Waals surface area (Å²) >= 11 is 14.5. The van der Waals surface area contributed by atoms with Gasteiger partial charge in [0.05, 0.1) is 50.1 Å². The van der Waals surface area contributed by atoms with E-state index < -0.39 is 61.6 Å². The van der Waals surface area contributed by atoms with Gasteiger partial charge in [-0.3, -0.25) is 9.97 Å². The number of rotatable bonds is 12. The fourth-order valence-corrected chi connectivity index (χ4v) is 8.71. The lowest BCUT2D eigenvalue weighted by atomic mass is 9.80. The normalized spacial score (nSPS) is 13.8. The van der Waals surface area contributed by atoms with E-state index in [4.69, 9.17) is 42.0 Å². The number of carbonyl (C=O) groups is 2. The molecule has 0 unspecified atom stereocenters. The fraction of sp³-hybridized carbons (Fsp3) is 0.273. The Bertz CT molecular complexity index is 3130. The third-order valence-electron chi connectivity index (χ3n) is 9.88. The molecule has 0 spiro atoms. The quantitative estimate of drug-likeness (QED) is 0.0664. The van der Waals surface area contributed by atoms with Crippen LogP contribution in [0.1, 0.15) is 62.3 Å². The van der Waals surface area contributed by atoms with E-state index in [1.165, 1.54) is 67.4 Å². The Balaban J connectivity index is 0.000000202. The second-order valence-corrected chi connectivity index (χ2v) is 21.3. The molecule has 0 bridgehead atoms. The van der Waals surface area contributed by atoms with Crippen LogP contribution in [-0.4, -0.2) is 103 Å². The van der Waals surface area contributed by atoms with Crippen molar-refractivity contribution in [1.29, 1.82) is 0 Å². The molecule has 0 amide bonds. The molecule has 0 radical (unpaired) electrons. The van der Waals surface area contributed by atoms with E-state index in [0.29, 0.717) is 34.6 Å². The van der Waals surface area contributed by atoms with Crippen molar-refractivity contribution in [3.63, 3.8) is 0 Å². The summed E-state index contributed by atoms with van der Waals surface area (Å²) in [7, 11) is -7.79. The van der Waals surface area contributed by atoms with Crippen LogP contribution in [-0.2, 0) is 38.5 Å². The number of hydrogen-bond acceptors (Lipinski definition) is 18. The molecule has 2 aromatic carbocycles. The molecule has 5 heterocycles. The number of esters is 2. The number of carbonyl (C=O) groups excluding carboxylic acids is 2. The van der Waals surface area contributed by atoms with Gasteiger partial charge in [0.2, 0.25) is 11.9 Å². The molecule has 6 aromatic rings. The van der Waals surface area contributed by atoms with E-state index in [1.54, 1.807) is 26.1 Å². The lowest BCUT2D eigenvalue weighted by Crippen LogP contribution is -2.41. The van der Waals surface area contributed by atoms with Crippen molar-refractivity contribution in [3.8, 4) is 11.1 Å². The van der Waals surface area contributed by atoms with Gasteiger partial charge >= 0.3 is 19.1 Å². The zero-order valence-electron chi connectivity index (χ0n) is 38.5. The molecular formula is C44H44BBrCl2F2N8O10S2. The third-order valence-corrected chi connectivity index (χ3v) is 13.3. The Morgan fingerprint density at radius 1 is 0.686 bits per heavy atom. The molecule has 1 aliphatic rings. The van der Waals surface area contributed by atoms with Crippen LogP contribution < -0.4 is 16.1 Å². The van der Waals surface area contributed by atoms with Crippen molar-refractivity contribution in [2.24, 2.45) is 0 Å². The highest BCUT2D eigenvalue weighted by atomic mass is 79.9. The molecule has 370 valence electrons. The standard InChI is InChI=1S/C19H16ClFN4O4S.C14H20BNO4.C11H8BrClFN3O2S/c1-3-29-18(26)12-6-11(8-22-9-12)14-10-23-19(25-17(14)30(2,27)28)24-13-4-5-16(21)15(20)7-13;1-6-18-12(17)10-7-11(9-16-8-10)15-19-13(2,3)14(4,5)20-15;1-20(18,19)10-7(12)5-15-11(17-10)16-6-2-3-9(14)8(13)4-6/h4-10H,3H2,1-2H3,(H,23,24,25);7-9H,6H2,1-5H3;2-5H,1H3,(H,15,16,17). The molecule has 1 fully saturated rings. The van der Waals surface area contributed by atoms with Crippen molar-refractivity contribution in [1.82, 2.24) is 29.9 Å². The SMILES string of the molecule is CCOC(=O)c1cncc(-c2cnc(Nc3ccc(F)c(Cl)c3)nc2S(C)(=O)=O)c1.CCOC(=O)c1cncc(B2OC(C)(C)C(C)(C)O2)c1.CS(=O)(=O)c1nc(Nc2ccc(F)c(Cl)c2)ncc1Br. The van der Waals surface area contributed by atoms with E-state index in [0.717, 1.165) is 18.6 Å². The summed E-state index contributed by atoms with van der Waals surface area (Å²) in [6, 6.07) is 11.0. The van der Waals surface area contributed by atoms with Crippen molar-refractivity contribution >= 4 is 107 Å². The highest BCUT2D eigenvalue weighted by Gasteiger charge is 2.52. The number of aromatic nitrogens is 6. The average molecular weight is 1110 g/mol. The zero-order chi connectivity index (χ0) is 51.8. The molecule has 7 rings (SSSR count). The Hall–Kier alpha value is -5.76. The molecule has 18 nitrogen and oxygen atoms in total. The van der Waals surface area contributed by atoms with Gasteiger partial charge in [0.25, 0.3) is 0 Å². The Labute approximate surface area is 421 Å². The first kappa shape index (κ1) is 55.2. The van der Waals surface area contributed by atoms with Gasteiger partial charge in [-0.15, -0.1) is 0 Å². The highest BCUT2D eigenvalue weighted by molar-refractivity contribution is 9.10. The topological polar surface area (TPSA) is 241 Å². The van der Waals surface area contributed by atoms with E-state index in [2.05, 4.69) is 56.5 Å². The second kappa shape index (κ2) is 23.0. The second-order valence-electron chi connectivity index (χ2n) is 15.8. The Kier molecular flexibility index (Phi) is 18.1. The number of nitrogens with zero attached hydrogens (tertiary/aromatic N) is 6. The Morgan fingerprint density at radius 3 is 1.61 bits per heavy atom. The number of halogens is 5. The molecule has 0 atom stereocenters. The summed E-state index contributed by atoms with van der Waals surface area (Å²) in [6.45, 7) is 11.9. The summed E-state index contributed by atoms with van der Waals surface area (Å²) in [6.07, 6.45) is 10.5. The first-order chi connectivity index (χ1) is 32.7. The minimum absolute atomic E-state index is 0.0312. The number of anilines is 4. The van der Waals surface area contributed by atoms with E-state index in [1.807, 2.05) is 27.7 Å². The zero-order valence-corrected chi connectivity index (χ0v) is 43.3. The molecule has 1 saturated heterocycles. The fourth-order valence-electron chi connectivity index (χ4n) is 5.79. The maximum Gasteiger partial charge on any atom is 0.496 e. The maximum atomic E-state index is 13.3. The number of pyridine rings is 2. The highest BCUT2D eigenvalue weighted by Crippen LogP contribution is 2.36. The number of nitrogens with one attached hydrogen (secondary N) is 2. The van der Waals surface area contributed by atoms with Crippen LogP contribution in [0.15, 0.2) is 100 Å². The van der Waals surface area contributed by atoms with Crippen LogP contribution in [0, 0.1) is 11.6 Å². The maximum absolute atomic E-state index is 13.3. The van der Waals surface area contributed by atoms with Gasteiger partial charge in [0.1, 0.15) is 11.6 Å². The van der Waals surface area contributed by atoms with Crippen LogP contribution in [0.2, 0.25) is 10.0 Å². The van der Waals surface area contributed by atoms with E-state index in [9.17, 15) is 35.2 Å². The minimum Gasteiger partial charge on any atom is -0.462 e. The van der Waals surface area contributed by atoms with Gasteiger partial charge in [-0.1, -0.05) is 23.2 Å². The average Bonchev–Trinajstić information content (AvgIpc) is 3.52. The summed E-state index contributed by atoms with van der Waals surface area (Å²) < 4.78 is 96.2. The van der Waals surface area contributed by atoms with Crippen LogP contribution >= 0.6 is 39.1 Å². The van der Waals surface area contributed by atoms with Crippen LogP contribution in [0.25, 0.3) is 11.1 Å². The summed E-state index contributed by atoms with van der Waals surface area (Å²) in [5.41, 5.74) is 1.76. The van der Waals surface area contributed by atoms with Gasteiger partial charge in [-0.25, -0.2) is 50.2 Å². The van der Waals surface area contributed by atoms with E-state index in [-0.39, 0.29) is 54.2 Å². The van der Waals surface area contributed by atoms with E-state index >= 15 is 0 Å². The molecule has 1 aliphatic heterocycles. The minimum atomic E-state index is -3.78. The largest absolute Gasteiger partial charge is 0.496 e. The smallest absolute Gasteiger partial charge is 0.462 e. The first-order valence-electron chi connectivity index (χ1n) is 20.6. The first-order valence-corrected chi connectivity index (χ1v) is 25.9. The third kappa shape index (κ3) is 14.4. The van der Waals surface area contributed by atoms with Gasteiger partial charge in [0.15, 0.2) is 29.7 Å². The summed E-state index contributed by atoms with van der Waals surface area (Å²) in [5, 5.41) is 4.96. The number of ether oxygens (including phenoxy) is 2. The molecule has 0 aliphatic carbocycles. The van der Waals surface area contributed by atoms with Gasteiger partial charge < -0.3 is 29.4 Å². The van der Waals surface area contributed by atoms with Crippen molar-refractivity contribution in [2.45, 2.75) is 62.8 Å². The van der Waals surface area contributed by atoms with Crippen LogP contribution in [0.5, 0.6) is 0 Å². The molecule has 26 heteroatoms. The van der Waals surface area contributed by atoms with Crippen LogP contribution in [0.4, 0.5) is 32.1 Å². The molecule has 2 N–H and O–H groups in total. The van der Waals surface area contributed by atoms with Crippen molar-refractivity contribution in [2.75, 3.05) is 36.4 Å². The predicted molar refractivity (Wildman–Crippen MR) is 262 cm³/mol. The lowest BCUT2D eigenvalue weighted by Gasteiger charge is -2.32. The molecular weight excluding hydrogens is 1060 g/mol. The number of sulfone groups is 2. The van der Waals surface area contributed by atoms with Crippen LogP contribution in [0.3, 0.4) is 0 Å². The van der Waals surface area contributed by atoms with Crippen molar-refractivity contribution in [3.05, 3.63) is 123 Å². The summed E-state index contributed by atoms with van der Waals surface area (Å²) in [5.74, 6) is -2.08. The molecule has 70 heavy (non-hydrogen) atoms. The summed E-state index contributed by atoms with van der Waals surface area (Å²) in [4.78, 5) is 47.8.